The van der Waals surface area contributed by atoms with E-state index < -0.39 is 5.60 Å². The zero-order chi connectivity index (χ0) is 19.7. The van der Waals surface area contributed by atoms with E-state index in [1.54, 1.807) is 7.05 Å². The monoisotopic (exact) mass is 498 g/mol. The largest absolute Gasteiger partial charge is 0.444 e. The summed E-state index contributed by atoms with van der Waals surface area (Å²) in [7, 11) is 3.79. The first-order valence-corrected chi connectivity index (χ1v) is 9.65. The first kappa shape index (κ1) is 26.2. The molecule has 1 aliphatic rings. The van der Waals surface area contributed by atoms with Crippen molar-refractivity contribution in [3.05, 3.63) is 0 Å². The number of ether oxygens (including phenoxy) is 2. The van der Waals surface area contributed by atoms with E-state index in [1.165, 1.54) is 0 Å². The van der Waals surface area contributed by atoms with E-state index in [0.717, 1.165) is 44.9 Å². The van der Waals surface area contributed by atoms with Crippen molar-refractivity contribution in [1.82, 2.24) is 15.5 Å². The SMILES string of the molecule is CN=C(NCC1CCCO1)N(C)CCC(NC(=O)OC(C)(C)C)C(C)C.I. The predicted molar refractivity (Wildman–Crippen MR) is 121 cm³/mol. The summed E-state index contributed by atoms with van der Waals surface area (Å²) in [6.45, 7) is 12.2. The second-order valence-corrected chi connectivity index (χ2v) is 8.27. The van der Waals surface area contributed by atoms with Crippen LogP contribution in [0.25, 0.3) is 0 Å². The quantitative estimate of drug-likeness (QED) is 0.320. The number of nitrogens with zero attached hydrogens (tertiary/aromatic N) is 2. The van der Waals surface area contributed by atoms with Crippen LogP contribution in [0.4, 0.5) is 4.79 Å². The number of halogens is 1. The number of carbonyl (C=O) groups excluding carboxylic acids is 1. The highest BCUT2D eigenvalue weighted by molar-refractivity contribution is 14.0. The molecule has 0 bridgehead atoms. The zero-order valence-electron chi connectivity index (χ0n) is 18.0. The number of aliphatic imine (C=N–C) groups is 1. The van der Waals surface area contributed by atoms with Gasteiger partial charge < -0.3 is 25.0 Å². The fraction of sp³-hybridized carbons (Fsp3) is 0.895. The second-order valence-electron chi connectivity index (χ2n) is 8.27. The Morgan fingerprint density at radius 1 is 1.37 bits per heavy atom. The highest BCUT2D eigenvalue weighted by Gasteiger charge is 2.22. The van der Waals surface area contributed by atoms with Gasteiger partial charge in [-0.15, -0.1) is 24.0 Å². The van der Waals surface area contributed by atoms with Gasteiger partial charge in [0.1, 0.15) is 5.60 Å². The maximum atomic E-state index is 12.1. The molecule has 2 unspecified atom stereocenters. The first-order valence-electron chi connectivity index (χ1n) is 9.65. The molecule has 0 aliphatic carbocycles. The van der Waals surface area contributed by atoms with Gasteiger partial charge in [-0.3, -0.25) is 4.99 Å². The Morgan fingerprint density at radius 3 is 2.52 bits per heavy atom. The van der Waals surface area contributed by atoms with E-state index in [-0.39, 0.29) is 42.2 Å². The number of guanidine groups is 1. The third-order valence-corrected chi connectivity index (χ3v) is 4.37. The number of amides is 1. The van der Waals surface area contributed by atoms with Crippen LogP contribution in [0.15, 0.2) is 4.99 Å². The van der Waals surface area contributed by atoms with Crippen LogP contribution in [0.5, 0.6) is 0 Å². The molecule has 27 heavy (non-hydrogen) atoms. The van der Waals surface area contributed by atoms with Crippen molar-refractivity contribution in [1.29, 1.82) is 0 Å². The smallest absolute Gasteiger partial charge is 0.407 e. The minimum absolute atomic E-state index is 0. The Hall–Kier alpha value is -0.770. The third kappa shape index (κ3) is 11.0. The Labute approximate surface area is 182 Å². The summed E-state index contributed by atoms with van der Waals surface area (Å²) in [5.41, 5.74) is -0.489. The number of alkyl carbamates (subject to hydrolysis) is 1. The number of nitrogens with one attached hydrogen (secondary N) is 2. The molecule has 160 valence electrons. The molecule has 1 heterocycles. The molecule has 1 aliphatic heterocycles. The van der Waals surface area contributed by atoms with Crippen LogP contribution >= 0.6 is 24.0 Å². The lowest BCUT2D eigenvalue weighted by Gasteiger charge is -2.28. The Bertz CT molecular complexity index is 460. The van der Waals surface area contributed by atoms with Gasteiger partial charge in [0.15, 0.2) is 5.96 Å². The van der Waals surface area contributed by atoms with E-state index in [4.69, 9.17) is 9.47 Å². The van der Waals surface area contributed by atoms with Gasteiger partial charge >= 0.3 is 6.09 Å². The highest BCUT2D eigenvalue weighted by atomic mass is 127. The zero-order valence-corrected chi connectivity index (χ0v) is 20.3. The van der Waals surface area contributed by atoms with E-state index in [9.17, 15) is 4.79 Å². The van der Waals surface area contributed by atoms with Crippen molar-refractivity contribution < 1.29 is 14.3 Å². The van der Waals surface area contributed by atoms with Crippen molar-refractivity contribution >= 4 is 36.0 Å². The summed E-state index contributed by atoms with van der Waals surface area (Å²) < 4.78 is 11.0. The molecule has 0 saturated carbocycles. The summed E-state index contributed by atoms with van der Waals surface area (Å²) in [6.07, 6.45) is 2.96. The molecule has 1 saturated heterocycles. The molecule has 1 rings (SSSR count). The molecule has 2 atom stereocenters. The summed E-state index contributed by atoms with van der Waals surface area (Å²) in [4.78, 5) is 18.5. The van der Waals surface area contributed by atoms with Crippen LogP contribution in [-0.2, 0) is 9.47 Å². The number of rotatable bonds is 7. The van der Waals surface area contributed by atoms with Crippen molar-refractivity contribution in [2.45, 2.75) is 71.6 Å². The average Bonchev–Trinajstić information content (AvgIpc) is 3.03. The van der Waals surface area contributed by atoms with Crippen molar-refractivity contribution in [3.8, 4) is 0 Å². The Morgan fingerprint density at radius 2 is 2.04 bits per heavy atom. The molecular weight excluding hydrogens is 459 g/mol. The van der Waals surface area contributed by atoms with E-state index in [1.807, 2.05) is 27.8 Å². The number of hydrogen-bond acceptors (Lipinski definition) is 4. The van der Waals surface area contributed by atoms with Gasteiger partial charge in [-0.1, -0.05) is 13.8 Å². The molecule has 1 fully saturated rings. The van der Waals surface area contributed by atoms with Crippen molar-refractivity contribution in [3.63, 3.8) is 0 Å². The van der Waals surface area contributed by atoms with Crippen LogP contribution in [-0.4, -0.2) is 68.5 Å². The molecule has 7 nitrogen and oxygen atoms in total. The molecule has 1 amide bonds. The third-order valence-electron chi connectivity index (χ3n) is 4.37. The fourth-order valence-electron chi connectivity index (χ4n) is 2.86. The van der Waals surface area contributed by atoms with E-state index in [2.05, 4.69) is 34.4 Å². The van der Waals surface area contributed by atoms with Crippen LogP contribution in [0.3, 0.4) is 0 Å². The maximum Gasteiger partial charge on any atom is 0.407 e. The van der Waals surface area contributed by atoms with Gasteiger partial charge in [-0.2, -0.15) is 0 Å². The van der Waals surface area contributed by atoms with Crippen LogP contribution < -0.4 is 10.6 Å². The van der Waals surface area contributed by atoms with Gasteiger partial charge in [0.25, 0.3) is 0 Å². The molecule has 8 heteroatoms. The Balaban J connectivity index is 0.00000676. The predicted octanol–water partition coefficient (Wildman–Crippen LogP) is 3.23. The lowest BCUT2D eigenvalue weighted by molar-refractivity contribution is 0.0485. The molecule has 0 aromatic carbocycles. The van der Waals surface area contributed by atoms with Crippen LogP contribution in [0, 0.1) is 5.92 Å². The minimum atomic E-state index is -0.489. The van der Waals surface area contributed by atoms with Crippen molar-refractivity contribution in [2.24, 2.45) is 10.9 Å². The fourth-order valence-corrected chi connectivity index (χ4v) is 2.86. The average molecular weight is 498 g/mol. The summed E-state index contributed by atoms with van der Waals surface area (Å²) in [5.74, 6) is 1.16. The molecule has 0 aromatic rings. The van der Waals surface area contributed by atoms with Gasteiger partial charge in [-0.05, 0) is 46.0 Å². The minimum Gasteiger partial charge on any atom is -0.444 e. The lowest BCUT2D eigenvalue weighted by atomic mass is 10.0. The summed E-state index contributed by atoms with van der Waals surface area (Å²) in [6, 6.07) is 0.0450. The van der Waals surface area contributed by atoms with Gasteiger partial charge in [-0.25, -0.2) is 4.79 Å². The normalized spacial score (nSPS) is 18.7. The van der Waals surface area contributed by atoms with Gasteiger partial charge in [0.2, 0.25) is 0 Å². The van der Waals surface area contributed by atoms with E-state index in [0.29, 0.717) is 5.92 Å². The maximum absolute atomic E-state index is 12.1. The molecule has 0 spiro atoms. The highest BCUT2D eigenvalue weighted by Crippen LogP contribution is 2.12. The molecular formula is C19H39IN4O3. The lowest BCUT2D eigenvalue weighted by Crippen LogP contribution is -2.46. The number of carbonyl (C=O) groups is 1. The van der Waals surface area contributed by atoms with Crippen molar-refractivity contribution in [2.75, 3.05) is 33.8 Å². The molecule has 2 N–H and O–H groups in total. The van der Waals surface area contributed by atoms with Crippen LogP contribution in [0.2, 0.25) is 0 Å². The topological polar surface area (TPSA) is 75.2 Å². The number of hydrogen-bond donors (Lipinski definition) is 2. The standard InChI is InChI=1S/C19H38N4O3.HI/c1-14(2)16(22-18(24)26-19(3,4)5)10-11-23(7)17(20-6)21-13-15-9-8-12-25-15;/h14-16H,8-13H2,1-7H3,(H,20,21)(H,22,24);1H. The van der Waals surface area contributed by atoms with Crippen LogP contribution in [0.1, 0.15) is 53.9 Å². The summed E-state index contributed by atoms with van der Waals surface area (Å²) >= 11 is 0. The van der Waals surface area contributed by atoms with Gasteiger partial charge in [0.05, 0.1) is 6.10 Å². The second kappa shape index (κ2) is 12.6. The molecule has 0 radical (unpaired) electrons. The summed E-state index contributed by atoms with van der Waals surface area (Å²) in [5, 5.41) is 6.37. The molecule has 0 aromatic heterocycles. The van der Waals surface area contributed by atoms with Gasteiger partial charge in [0, 0.05) is 39.8 Å². The first-order chi connectivity index (χ1) is 12.1. The Kier molecular flexibility index (Phi) is 12.3. The van der Waals surface area contributed by atoms with E-state index >= 15 is 0 Å².